The molecule has 5 heteroatoms. The van der Waals surface area contributed by atoms with Crippen molar-refractivity contribution in [1.29, 1.82) is 0 Å². The number of aliphatic hydroxyl groups is 4. The van der Waals surface area contributed by atoms with E-state index in [0.29, 0.717) is 13.0 Å². The minimum Gasteiger partial charge on any atom is -0.390 e. The maximum atomic E-state index is 9.10. The lowest BCUT2D eigenvalue weighted by atomic mass is 10.1. The molecule has 0 saturated carbocycles. The molecule has 0 spiro atoms. The van der Waals surface area contributed by atoms with Gasteiger partial charge in [0.1, 0.15) is 18.4 Å². The van der Waals surface area contributed by atoms with Crippen molar-refractivity contribution in [3.05, 3.63) is 0 Å². The van der Waals surface area contributed by atoms with Gasteiger partial charge in [-0.15, -0.1) is 0 Å². The number of aliphatic hydroxyl groups excluding tert-OH is 4. The normalized spacial score (nSPS) is 46.9. The maximum absolute atomic E-state index is 9.10. The fourth-order valence-corrected chi connectivity index (χ4v) is 1.08. The van der Waals surface area contributed by atoms with Crippen molar-refractivity contribution in [3.8, 4) is 0 Å². The van der Waals surface area contributed by atoms with Gasteiger partial charge in [0.05, 0.1) is 6.10 Å². The van der Waals surface area contributed by atoms with Crippen LogP contribution in [-0.2, 0) is 0 Å². The van der Waals surface area contributed by atoms with Crippen LogP contribution in [0.25, 0.3) is 0 Å². The fourth-order valence-electron chi connectivity index (χ4n) is 1.08. The van der Waals surface area contributed by atoms with Crippen LogP contribution in [-0.4, -0.2) is 51.5 Å². The van der Waals surface area contributed by atoms with Crippen LogP contribution in [0.4, 0.5) is 0 Å². The molecule has 1 fully saturated rings. The van der Waals surface area contributed by atoms with Gasteiger partial charge in [0.25, 0.3) is 0 Å². The highest BCUT2D eigenvalue weighted by Crippen LogP contribution is 2.09. The van der Waals surface area contributed by atoms with E-state index in [0.717, 1.165) is 0 Å². The Balaban J connectivity index is 2.58. The van der Waals surface area contributed by atoms with E-state index in [1.54, 1.807) is 0 Å². The third-order valence-electron chi connectivity index (χ3n) is 1.86. The molecule has 11 heavy (non-hydrogen) atoms. The molecule has 1 aliphatic rings. The molecule has 5 N–H and O–H groups in total. The third kappa shape index (κ3) is 1.88. The van der Waals surface area contributed by atoms with Crippen molar-refractivity contribution in [1.82, 2.24) is 5.32 Å². The Morgan fingerprint density at radius 3 is 2.27 bits per heavy atom. The average Bonchev–Trinajstić information content (AvgIpc) is 2.07. The molecule has 66 valence electrons. The minimum atomic E-state index is -1.31. The first-order valence-corrected chi connectivity index (χ1v) is 3.58. The van der Waals surface area contributed by atoms with Crippen molar-refractivity contribution in [2.75, 3.05) is 6.54 Å². The predicted molar refractivity (Wildman–Crippen MR) is 36.6 cm³/mol. The SMILES string of the molecule is OC1CCNC(O)C(O)C1O. The highest BCUT2D eigenvalue weighted by molar-refractivity contribution is 4.83. The van der Waals surface area contributed by atoms with Crippen LogP contribution in [0.1, 0.15) is 6.42 Å². The second-order valence-corrected chi connectivity index (χ2v) is 2.74. The van der Waals surface area contributed by atoms with Gasteiger partial charge >= 0.3 is 0 Å². The van der Waals surface area contributed by atoms with Crippen molar-refractivity contribution in [3.63, 3.8) is 0 Å². The van der Waals surface area contributed by atoms with Crippen LogP contribution in [0.5, 0.6) is 0 Å². The maximum Gasteiger partial charge on any atom is 0.133 e. The van der Waals surface area contributed by atoms with Gasteiger partial charge in [-0.3, -0.25) is 5.32 Å². The molecule has 1 saturated heterocycles. The molecule has 0 aromatic rings. The molecule has 4 atom stereocenters. The standard InChI is InChI=1S/C6H13NO4/c8-3-1-2-7-6(11)5(10)4(3)9/h3-11H,1-2H2. The third-order valence-corrected chi connectivity index (χ3v) is 1.86. The van der Waals surface area contributed by atoms with Crippen LogP contribution < -0.4 is 5.32 Å². The van der Waals surface area contributed by atoms with Crippen molar-refractivity contribution < 1.29 is 20.4 Å². The number of hydrogen-bond acceptors (Lipinski definition) is 5. The fraction of sp³-hybridized carbons (Fsp3) is 1.00. The van der Waals surface area contributed by atoms with Crippen LogP contribution in [0.15, 0.2) is 0 Å². The summed E-state index contributed by atoms with van der Waals surface area (Å²) in [5.74, 6) is 0. The highest BCUT2D eigenvalue weighted by atomic mass is 16.4. The second-order valence-electron chi connectivity index (χ2n) is 2.74. The zero-order valence-electron chi connectivity index (χ0n) is 6.01. The lowest BCUT2D eigenvalue weighted by Gasteiger charge is -2.21. The largest absolute Gasteiger partial charge is 0.390 e. The summed E-state index contributed by atoms with van der Waals surface area (Å²) in [4.78, 5) is 0. The Bertz CT molecular complexity index is 118. The quantitative estimate of drug-likeness (QED) is 0.269. The summed E-state index contributed by atoms with van der Waals surface area (Å²) in [6, 6.07) is 0. The molecule has 1 aliphatic heterocycles. The molecular formula is C6H13NO4. The topological polar surface area (TPSA) is 93.0 Å². The average molecular weight is 163 g/mol. The summed E-state index contributed by atoms with van der Waals surface area (Å²) in [6.07, 6.45) is -4.36. The van der Waals surface area contributed by atoms with Crippen LogP contribution in [0, 0.1) is 0 Å². The van der Waals surface area contributed by atoms with Gasteiger partial charge in [0, 0.05) is 6.54 Å². The smallest absolute Gasteiger partial charge is 0.133 e. The summed E-state index contributed by atoms with van der Waals surface area (Å²) in [7, 11) is 0. The molecule has 1 rings (SSSR count). The highest BCUT2D eigenvalue weighted by Gasteiger charge is 2.32. The number of hydrogen-bond donors (Lipinski definition) is 5. The van der Waals surface area contributed by atoms with Gasteiger partial charge in [-0.05, 0) is 6.42 Å². The molecular weight excluding hydrogens is 150 g/mol. The van der Waals surface area contributed by atoms with Gasteiger partial charge in [-0.2, -0.15) is 0 Å². The zero-order chi connectivity index (χ0) is 8.43. The Hall–Kier alpha value is -0.200. The first-order valence-electron chi connectivity index (χ1n) is 3.58. The van der Waals surface area contributed by atoms with Crippen LogP contribution in [0.3, 0.4) is 0 Å². The van der Waals surface area contributed by atoms with Gasteiger partial charge < -0.3 is 20.4 Å². The van der Waals surface area contributed by atoms with Gasteiger partial charge in [0.2, 0.25) is 0 Å². The molecule has 5 nitrogen and oxygen atoms in total. The molecule has 0 aromatic heterocycles. The Labute approximate surface area is 64.3 Å². The second kappa shape index (κ2) is 3.46. The van der Waals surface area contributed by atoms with Gasteiger partial charge in [-0.1, -0.05) is 0 Å². The molecule has 0 aliphatic carbocycles. The summed E-state index contributed by atoms with van der Waals surface area (Å²) in [6.45, 7) is 0.385. The summed E-state index contributed by atoms with van der Waals surface area (Å²) < 4.78 is 0. The summed E-state index contributed by atoms with van der Waals surface area (Å²) in [5.41, 5.74) is 0. The molecule has 0 radical (unpaired) electrons. The van der Waals surface area contributed by atoms with E-state index in [1.165, 1.54) is 0 Å². The van der Waals surface area contributed by atoms with Crippen molar-refractivity contribution >= 4 is 0 Å². The van der Waals surface area contributed by atoms with E-state index in [1.807, 2.05) is 0 Å². The lowest BCUT2D eigenvalue weighted by molar-refractivity contribution is -0.0995. The van der Waals surface area contributed by atoms with Gasteiger partial charge in [-0.25, -0.2) is 0 Å². The molecule has 0 amide bonds. The Kier molecular flexibility index (Phi) is 2.80. The van der Waals surface area contributed by atoms with Gasteiger partial charge in [0.15, 0.2) is 0 Å². The summed E-state index contributed by atoms with van der Waals surface area (Å²) >= 11 is 0. The first-order chi connectivity index (χ1) is 5.13. The van der Waals surface area contributed by atoms with E-state index in [-0.39, 0.29) is 0 Å². The first kappa shape index (κ1) is 8.89. The summed E-state index contributed by atoms with van der Waals surface area (Å²) in [5, 5.41) is 38.8. The molecule has 0 aromatic carbocycles. The monoisotopic (exact) mass is 163 g/mol. The van der Waals surface area contributed by atoms with E-state index < -0.39 is 24.5 Å². The van der Waals surface area contributed by atoms with Crippen molar-refractivity contribution in [2.24, 2.45) is 0 Å². The van der Waals surface area contributed by atoms with Crippen LogP contribution >= 0.6 is 0 Å². The van der Waals surface area contributed by atoms with E-state index in [9.17, 15) is 0 Å². The lowest BCUT2D eigenvalue weighted by Crippen LogP contribution is -2.46. The molecule has 0 bridgehead atoms. The number of rotatable bonds is 0. The van der Waals surface area contributed by atoms with Crippen molar-refractivity contribution in [2.45, 2.75) is 31.0 Å². The molecule has 4 unspecified atom stereocenters. The zero-order valence-corrected chi connectivity index (χ0v) is 6.01. The van der Waals surface area contributed by atoms with Crippen LogP contribution in [0.2, 0.25) is 0 Å². The number of nitrogens with one attached hydrogen (secondary N) is 1. The Morgan fingerprint density at radius 2 is 1.64 bits per heavy atom. The van der Waals surface area contributed by atoms with E-state index in [2.05, 4.69) is 5.32 Å². The predicted octanol–water partition coefficient (Wildman–Crippen LogP) is -2.62. The van der Waals surface area contributed by atoms with E-state index in [4.69, 9.17) is 20.4 Å². The molecule has 1 heterocycles. The minimum absolute atomic E-state index is 0.329. The van der Waals surface area contributed by atoms with E-state index >= 15 is 0 Å². The Morgan fingerprint density at radius 1 is 1.00 bits per heavy atom.